The first-order valence-corrected chi connectivity index (χ1v) is 7.31. The van der Waals surface area contributed by atoms with E-state index in [1.165, 1.54) is 10.4 Å². The first-order chi connectivity index (χ1) is 8.45. The van der Waals surface area contributed by atoms with Crippen LogP contribution in [0, 0.1) is 0 Å². The van der Waals surface area contributed by atoms with Crippen LogP contribution in [0.1, 0.15) is 19.0 Å². The summed E-state index contributed by atoms with van der Waals surface area (Å²) in [5.74, 6) is 0. The third kappa shape index (κ3) is 2.36. The van der Waals surface area contributed by atoms with Crippen molar-refractivity contribution in [3.8, 4) is 0 Å². The molecule has 5 nitrogen and oxygen atoms in total. The highest BCUT2D eigenvalue weighted by Gasteiger charge is 2.27. The molecule has 6 heteroatoms. The lowest BCUT2D eigenvalue weighted by Crippen LogP contribution is -2.35. The molecule has 0 aromatic carbocycles. The maximum Gasteiger partial charge on any atom is 0.244 e. The quantitative estimate of drug-likeness (QED) is 0.829. The summed E-state index contributed by atoms with van der Waals surface area (Å²) in [6.45, 7) is 2.74. The average Bonchev–Trinajstić information content (AvgIpc) is 2.71. The molecule has 0 spiro atoms. The Morgan fingerprint density at radius 1 is 1.44 bits per heavy atom. The van der Waals surface area contributed by atoms with E-state index in [4.69, 9.17) is 5.11 Å². The first-order valence-electron chi connectivity index (χ1n) is 5.87. The summed E-state index contributed by atoms with van der Waals surface area (Å²) in [4.78, 5) is 0.253. The van der Waals surface area contributed by atoms with Crippen molar-refractivity contribution in [2.45, 2.75) is 24.8 Å². The molecule has 0 saturated heterocycles. The largest absolute Gasteiger partial charge is 0.390 e. The van der Waals surface area contributed by atoms with Gasteiger partial charge in [-0.15, -0.1) is 0 Å². The highest BCUT2D eigenvalue weighted by molar-refractivity contribution is 7.89. The van der Waals surface area contributed by atoms with Gasteiger partial charge in [0.05, 0.1) is 6.61 Å². The summed E-state index contributed by atoms with van der Waals surface area (Å²) in [5.41, 5.74) is 1.67. The van der Waals surface area contributed by atoms with Gasteiger partial charge in [-0.1, -0.05) is 11.6 Å². The first kappa shape index (κ1) is 13.3. The molecule has 0 saturated carbocycles. The van der Waals surface area contributed by atoms with Crippen LogP contribution in [-0.4, -0.2) is 35.5 Å². The van der Waals surface area contributed by atoms with Gasteiger partial charge in [0, 0.05) is 32.0 Å². The van der Waals surface area contributed by atoms with Crippen molar-refractivity contribution in [3.63, 3.8) is 0 Å². The van der Waals surface area contributed by atoms with E-state index in [1.807, 2.05) is 6.92 Å². The van der Waals surface area contributed by atoms with E-state index in [-0.39, 0.29) is 11.5 Å². The smallest absolute Gasteiger partial charge is 0.244 e. The SMILES string of the molecule is CC1=CCCN(S(=O)(=O)c2cc(CO)n(C)c2)C1. The summed E-state index contributed by atoms with van der Waals surface area (Å²) < 4.78 is 28.0. The number of aryl methyl sites for hydroxylation is 1. The Labute approximate surface area is 107 Å². The number of aliphatic hydroxyl groups is 1. The lowest BCUT2D eigenvalue weighted by atomic mass is 10.2. The van der Waals surface area contributed by atoms with E-state index < -0.39 is 10.0 Å². The third-order valence-corrected chi connectivity index (χ3v) is 4.99. The van der Waals surface area contributed by atoms with Gasteiger partial charge in [-0.05, 0) is 19.4 Å². The van der Waals surface area contributed by atoms with Crippen molar-refractivity contribution in [1.82, 2.24) is 8.87 Å². The number of rotatable bonds is 3. The second-order valence-corrected chi connectivity index (χ2v) is 6.55. The summed E-state index contributed by atoms with van der Waals surface area (Å²) in [6, 6.07) is 1.53. The van der Waals surface area contributed by atoms with E-state index in [1.54, 1.807) is 17.8 Å². The Bertz CT molecular complexity index is 572. The van der Waals surface area contributed by atoms with E-state index in [0.29, 0.717) is 18.8 Å². The lowest BCUT2D eigenvalue weighted by Gasteiger charge is -2.24. The molecule has 0 atom stereocenters. The highest BCUT2D eigenvalue weighted by Crippen LogP contribution is 2.22. The summed E-state index contributed by atoms with van der Waals surface area (Å²) >= 11 is 0. The van der Waals surface area contributed by atoms with Crippen LogP contribution >= 0.6 is 0 Å². The normalized spacial score (nSPS) is 17.8. The predicted octanol–water partition coefficient (Wildman–Crippen LogP) is 0.858. The zero-order valence-corrected chi connectivity index (χ0v) is 11.4. The molecule has 1 N–H and O–H groups in total. The third-order valence-electron chi connectivity index (χ3n) is 3.18. The number of aliphatic hydroxyl groups excluding tert-OH is 1. The van der Waals surface area contributed by atoms with Crippen LogP contribution in [0.5, 0.6) is 0 Å². The Balaban J connectivity index is 2.33. The average molecular weight is 270 g/mol. The van der Waals surface area contributed by atoms with Crippen molar-refractivity contribution in [1.29, 1.82) is 0 Å². The van der Waals surface area contributed by atoms with Gasteiger partial charge in [0.15, 0.2) is 0 Å². The predicted molar refractivity (Wildman–Crippen MR) is 68.5 cm³/mol. The van der Waals surface area contributed by atoms with E-state index in [2.05, 4.69) is 6.08 Å². The van der Waals surface area contributed by atoms with Crippen LogP contribution in [0.4, 0.5) is 0 Å². The fourth-order valence-corrected chi connectivity index (χ4v) is 3.70. The Morgan fingerprint density at radius 2 is 2.17 bits per heavy atom. The second-order valence-electron chi connectivity index (χ2n) is 4.61. The van der Waals surface area contributed by atoms with E-state index in [0.717, 1.165) is 12.0 Å². The van der Waals surface area contributed by atoms with Gasteiger partial charge in [0.25, 0.3) is 0 Å². The fraction of sp³-hybridized carbons (Fsp3) is 0.500. The van der Waals surface area contributed by atoms with Gasteiger partial charge < -0.3 is 9.67 Å². The molecular weight excluding hydrogens is 252 g/mol. The van der Waals surface area contributed by atoms with Crippen molar-refractivity contribution in [2.75, 3.05) is 13.1 Å². The molecule has 1 aliphatic rings. The van der Waals surface area contributed by atoms with Gasteiger partial charge in [-0.25, -0.2) is 8.42 Å². The van der Waals surface area contributed by atoms with Crippen LogP contribution in [0.2, 0.25) is 0 Å². The van der Waals surface area contributed by atoms with Crippen molar-refractivity contribution >= 4 is 10.0 Å². The highest BCUT2D eigenvalue weighted by atomic mass is 32.2. The summed E-state index contributed by atoms with van der Waals surface area (Å²) in [5, 5.41) is 9.11. The van der Waals surface area contributed by atoms with Crippen LogP contribution in [0.3, 0.4) is 0 Å². The fourth-order valence-electron chi connectivity index (χ4n) is 2.11. The minimum Gasteiger partial charge on any atom is -0.390 e. The molecule has 0 amide bonds. The van der Waals surface area contributed by atoms with Gasteiger partial charge in [-0.3, -0.25) is 0 Å². The molecule has 0 bridgehead atoms. The van der Waals surface area contributed by atoms with Crippen molar-refractivity contribution in [3.05, 3.63) is 29.6 Å². The molecule has 18 heavy (non-hydrogen) atoms. The zero-order chi connectivity index (χ0) is 13.3. The van der Waals surface area contributed by atoms with Gasteiger partial charge in [-0.2, -0.15) is 4.31 Å². The van der Waals surface area contributed by atoms with Crippen molar-refractivity contribution in [2.24, 2.45) is 7.05 Å². The Kier molecular flexibility index (Phi) is 3.61. The molecule has 1 aromatic heterocycles. The van der Waals surface area contributed by atoms with Gasteiger partial charge >= 0.3 is 0 Å². The Hall–Kier alpha value is -1.11. The number of hydrogen-bond donors (Lipinski definition) is 1. The Morgan fingerprint density at radius 3 is 2.72 bits per heavy atom. The molecule has 2 rings (SSSR count). The molecule has 0 unspecified atom stereocenters. The number of nitrogens with zero attached hydrogens (tertiary/aromatic N) is 2. The molecule has 0 fully saturated rings. The minimum absolute atomic E-state index is 0.162. The molecule has 1 aromatic rings. The maximum absolute atomic E-state index is 12.4. The number of sulfonamides is 1. The van der Waals surface area contributed by atoms with Crippen LogP contribution in [0.15, 0.2) is 28.8 Å². The zero-order valence-electron chi connectivity index (χ0n) is 10.6. The van der Waals surface area contributed by atoms with Crippen LogP contribution < -0.4 is 0 Å². The topological polar surface area (TPSA) is 62.5 Å². The maximum atomic E-state index is 12.4. The monoisotopic (exact) mass is 270 g/mol. The van der Waals surface area contributed by atoms with E-state index >= 15 is 0 Å². The molecule has 0 radical (unpaired) electrons. The molecular formula is C12H18N2O3S. The minimum atomic E-state index is -3.45. The number of hydrogen-bond acceptors (Lipinski definition) is 3. The lowest BCUT2D eigenvalue weighted by molar-refractivity contribution is 0.272. The molecule has 0 aliphatic carbocycles. The molecule has 1 aliphatic heterocycles. The van der Waals surface area contributed by atoms with E-state index in [9.17, 15) is 8.42 Å². The van der Waals surface area contributed by atoms with Gasteiger partial charge in [0.1, 0.15) is 4.90 Å². The van der Waals surface area contributed by atoms with Gasteiger partial charge in [0.2, 0.25) is 10.0 Å². The van der Waals surface area contributed by atoms with Crippen molar-refractivity contribution < 1.29 is 13.5 Å². The molecule has 2 heterocycles. The summed E-state index contributed by atoms with van der Waals surface area (Å²) in [7, 11) is -1.72. The summed E-state index contributed by atoms with van der Waals surface area (Å²) in [6.07, 6.45) is 4.37. The second kappa shape index (κ2) is 4.87. The van der Waals surface area contributed by atoms with Crippen LogP contribution in [-0.2, 0) is 23.7 Å². The standard InChI is InChI=1S/C12H18N2O3S/c1-10-4-3-5-14(7-10)18(16,17)12-6-11(9-15)13(2)8-12/h4,6,8,15H,3,5,7,9H2,1-2H3. The van der Waals surface area contributed by atoms with Crippen LogP contribution in [0.25, 0.3) is 0 Å². The number of aromatic nitrogens is 1. The molecule has 100 valence electrons.